The van der Waals surface area contributed by atoms with Gasteiger partial charge in [-0.2, -0.15) is 0 Å². The summed E-state index contributed by atoms with van der Waals surface area (Å²) < 4.78 is 0. The topological polar surface area (TPSA) is 66.4 Å². The summed E-state index contributed by atoms with van der Waals surface area (Å²) in [7, 11) is 0. The average Bonchev–Trinajstić information content (AvgIpc) is 3.29. The number of hydrogen-bond donors (Lipinski definition) is 2. The van der Waals surface area contributed by atoms with Crippen LogP contribution in [0, 0.1) is 81.3 Å². The fourth-order valence-corrected chi connectivity index (χ4v) is 14.1. The Hall–Kier alpha value is -1.42. The lowest BCUT2D eigenvalue weighted by Gasteiger charge is -2.67. The SMILES string of the molecule is C=C(O)C1CC(C(=O)CC2CCC3(C)C(CCC4(C)C5CCC6(CCNCC7CCC7)CC(=O)C(C(C)C)=C6C5CCC43)C2C)C1C. The predicted molar refractivity (Wildman–Crippen MR) is 191 cm³/mol. The second-order valence-corrected chi connectivity index (χ2v) is 19.3. The van der Waals surface area contributed by atoms with E-state index in [1.165, 1.54) is 82.7 Å². The van der Waals surface area contributed by atoms with Gasteiger partial charge in [-0.15, -0.1) is 0 Å². The van der Waals surface area contributed by atoms with Crippen molar-refractivity contribution in [3.05, 3.63) is 23.5 Å². The zero-order valence-corrected chi connectivity index (χ0v) is 30.8. The van der Waals surface area contributed by atoms with Gasteiger partial charge in [0.25, 0.3) is 0 Å². The smallest absolute Gasteiger partial charge is 0.159 e. The first-order valence-corrected chi connectivity index (χ1v) is 20.2. The molecule has 7 aliphatic carbocycles. The zero-order chi connectivity index (χ0) is 33.5. The molecule has 0 bridgehead atoms. The van der Waals surface area contributed by atoms with Crippen LogP contribution in [-0.4, -0.2) is 29.8 Å². The highest BCUT2D eigenvalue weighted by Gasteiger charge is 2.64. The molecule has 7 rings (SSSR count). The standard InChI is InChI=1S/C43H67NO3/c1-25(2)39-37(47)23-43(19-20-44-24-29-9-8-10-29)18-15-35-31(40(39)43)11-12-38-41(6)16-13-30(26(3)34(41)14-17-42(35,38)7)21-36(46)33-22-32(27(33)4)28(5)45/h25-27,29-35,38,44-45H,5,8-24H2,1-4,6-7H3. The highest BCUT2D eigenvalue weighted by atomic mass is 16.3. The van der Waals surface area contributed by atoms with Gasteiger partial charge in [0, 0.05) is 30.1 Å². The number of Topliss-reactive ketones (excluding diaryl/α,β-unsaturated/α-hetero) is 2. The third-order valence-corrected chi connectivity index (χ3v) is 17.0. The molecule has 47 heavy (non-hydrogen) atoms. The second kappa shape index (κ2) is 12.4. The van der Waals surface area contributed by atoms with Crippen LogP contribution in [0.4, 0.5) is 0 Å². The number of fused-ring (bicyclic) bond motifs is 7. The Kier molecular flexibility index (Phi) is 8.99. The molecule has 12 atom stereocenters. The molecule has 6 saturated carbocycles. The number of carbonyl (C=O) groups is 2. The summed E-state index contributed by atoms with van der Waals surface area (Å²) in [5.74, 6) is 6.68. The number of rotatable bonds is 10. The lowest BCUT2D eigenvalue weighted by molar-refractivity contribution is -0.172. The summed E-state index contributed by atoms with van der Waals surface area (Å²) in [6.07, 6.45) is 17.8. The molecule has 4 heteroatoms. The molecule has 0 saturated heterocycles. The normalized spacial score (nSPS) is 46.2. The average molecular weight is 646 g/mol. The van der Waals surface area contributed by atoms with Crippen molar-refractivity contribution in [1.29, 1.82) is 0 Å². The van der Waals surface area contributed by atoms with Crippen LogP contribution in [0.25, 0.3) is 0 Å². The number of allylic oxidation sites excluding steroid dienone is 3. The van der Waals surface area contributed by atoms with Gasteiger partial charge in [0.05, 0.1) is 5.76 Å². The first-order valence-electron chi connectivity index (χ1n) is 20.2. The number of nitrogens with one attached hydrogen (secondary N) is 1. The summed E-state index contributed by atoms with van der Waals surface area (Å²) in [4.78, 5) is 27.3. The predicted octanol–water partition coefficient (Wildman–Crippen LogP) is 9.89. The Morgan fingerprint density at radius 1 is 0.936 bits per heavy atom. The van der Waals surface area contributed by atoms with Gasteiger partial charge in [-0.3, -0.25) is 9.59 Å². The van der Waals surface area contributed by atoms with Crippen LogP contribution < -0.4 is 5.32 Å². The molecule has 0 aromatic carbocycles. The summed E-state index contributed by atoms with van der Waals surface area (Å²) in [5, 5.41) is 13.7. The van der Waals surface area contributed by atoms with E-state index < -0.39 is 0 Å². The monoisotopic (exact) mass is 646 g/mol. The number of hydrogen-bond acceptors (Lipinski definition) is 4. The van der Waals surface area contributed by atoms with Crippen molar-refractivity contribution in [2.24, 2.45) is 81.3 Å². The van der Waals surface area contributed by atoms with Crippen LogP contribution in [0.2, 0.25) is 0 Å². The van der Waals surface area contributed by atoms with Crippen molar-refractivity contribution in [1.82, 2.24) is 5.32 Å². The minimum absolute atomic E-state index is 0.107. The molecule has 0 amide bonds. The minimum Gasteiger partial charge on any atom is -0.513 e. The maximum atomic E-state index is 13.8. The van der Waals surface area contributed by atoms with Crippen LogP contribution in [0.1, 0.15) is 138 Å². The Morgan fingerprint density at radius 2 is 1.64 bits per heavy atom. The number of ketones is 2. The molecule has 0 aromatic heterocycles. The number of carbonyl (C=O) groups excluding carboxylic acids is 2. The van der Waals surface area contributed by atoms with Crippen molar-refractivity contribution in [3.8, 4) is 0 Å². The molecule has 7 aliphatic rings. The third kappa shape index (κ3) is 5.38. The molecular formula is C43H67NO3. The minimum atomic E-state index is 0.107. The van der Waals surface area contributed by atoms with Gasteiger partial charge in [-0.05, 0) is 160 Å². The molecule has 6 fully saturated rings. The summed E-state index contributed by atoms with van der Waals surface area (Å²) in [6.45, 7) is 20.5. The lowest BCUT2D eigenvalue weighted by atomic mass is 9.37. The van der Waals surface area contributed by atoms with E-state index in [4.69, 9.17) is 0 Å². The van der Waals surface area contributed by atoms with Crippen LogP contribution in [0.3, 0.4) is 0 Å². The van der Waals surface area contributed by atoms with E-state index in [2.05, 4.69) is 53.4 Å². The number of aliphatic hydroxyl groups excluding tert-OH is 1. The molecule has 4 nitrogen and oxygen atoms in total. The van der Waals surface area contributed by atoms with Crippen LogP contribution in [0.15, 0.2) is 23.5 Å². The van der Waals surface area contributed by atoms with Crippen LogP contribution >= 0.6 is 0 Å². The molecule has 0 heterocycles. The van der Waals surface area contributed by atoms with Gasteiger partial charge in [0.15, 0.2) is 5.78 Å². The maximum Gasteiger partial charge on any atom is 0.159 e. The van der Waals surface area contributed by atoms with E-state index >= 15 is 0 Å². The lowest BCUT2D eigenvalue weighted by Crippen LogP contribution is -2.60. The van der Waals surface area contributed by atoms with Gasteiger partial charge >= 0.3 is 0 Å². The fraction of sp³-hybridized carbons (Fsp3) is 0.860. The van der Waals surface area contributed by atoms with Gasteiger partial charge in [-0.25, -0.2) is 0 Å². The van der Waals surface area contributed by atoms with E-state index in [1.807, 2.05) is 0 Å². The van der Waals surface area contributed by atoms with E-state index in [0.29, 0.717) is 57.9 Å². The van der Waals surface area contributed by atoms with Crippen LogP contribution in [-0.2, 0) is 9.59 Å². The highest BCUT2D eigenvalue weighted by Crippen LogP contribution is 2.72. The quantitative estimate of drug-likeness (QED) is 0.183. The molecule has 0 aliphatic heterocycles. The van der Waals surface area contributed by atoms with Crippen molar-refractivity contribution in [3.63, 3.8) is 0 Å². The fourth-order valence-electron chi connectivity index (χ4n) is 14.1. The molecule has 0 aromatic rings. The molecular weight excluding hydrogens is 578 g/mol. The Morgan fingerprint density at radius 3 is 2.30 bits per heavy atom. The first-order chi connectivity index (χ1) is 22.3. The summed E-state index contributed by atoms with van der Waals surface area (Å²) >= 11 is 0. The van der Waals surface area contributed by atoms with Crippen molar-refractivity contribution < 1.29 is 14.7 Å². The van der Waals surface area contributed by atoms with Gasteiger partial charge in [0.1, 0.15) is 5.78 Å². The summed E-state index contributed by atoms with van der Waals surface area (Å²) in [5.41, 5.74) is 3.70. The Labute approximate surface area is 286 Å². The van der Waals surface area contributed by atoms with E-state index in [0.717, 1.165) is 44.1 Å². The van der Waals surface area contributed by atoms with Gasteiger partial charge < -0.3 is 10.4 Å². The third-order valence-electron chi connectivity index (χ3n) is 17.0. The highest BCUT2D eigenvalue weighted by molar-refractivity contribution is 6.00. The van der Waals surface area contributed by atoms with E-state index in [1.54, 1.807) is 5.57 Å². The first kappa shape index (κ1) is 34.0. The Bertz CT molecular complexity index is 1290. The number of aliphatic hydroxyl groups is 1. The molecule has 262 valence electrons. The van der Waals surface area contributed by atoms with Crippen molar-refractivity contribution in [2.45, 2.75) is 138 Å². The zero-order valence-electron chi connectivity index (χ0n) is 30.8. The second-order valence-electron chi connectivity index (χ2n) is 19.3. The van der Waals surface area contributed by atoms with Gasteiger partial charge in [-0.1, -0.05) is 60.1 Å². The largest absolute Gasteiger partial charge is 0.513 e. The van der Waals surface area contributed by atoms with Gasteiger partial charge in [0.2, 0.25) is 0 Å². The van der Waals surface area contributed by atoms with Crippen molar-refractivity contribution in [2.75, 3.05) is 13.1 Å². The van der Waals surface area contributed by atoms with E-state index in [9.17, 15) is 14.7 Å². The van der Waals surface area contributed by atoms with Crippen molar-refractivity contribution >= 4 is 11.6 Å². The molecule has 0 radical (unpaired) electrons. The maximum absolute atomic E-state index is 13.8. The summed E-state index contributed by atoms with van der Waals surface area (Å²) in [6, 6.07) is 0. The molecule has 0 spiro atoms. The Balaban J connectivity index is 1.07. The van der Waals surface area contributed by atoms with Crippen LogP contribution in [0.5, 0.6) is 0 Å². The molecule has 12 unspecified atom stereocenters. The van der Waals surface area contributed by atoms with E-state index in [-0.39, 0.29) is 28.9 Å². The molecule has 2 N–H and O–H groups in total.